The molecule has 0 saturated carbocycles. The van der Waals surface area contributed by atoms with Crippen molar-refractivity contribution in [1.82, 2.24) is 0 Å². The zero-order chi connectivity index (χ0) is 5.98. The Hall–Kier alpha value is 1.06. The van der Waals surface area contributed by atoms with Crippen molar-refractivity contribution >= 4 is 37.2 Å². The number of rotatable bonds is 1. The first-order chi connectivity index (χ1) is 3.80. The molecule has 0 heterocycles. The van der Waals surface area contributed by atoms with Crippen LogP contribution in [-0.2, 0) is 17.9 Å². The molecule has 0 aromatic carbocycles. The zero-order valence-electron chi connectivity index (χ0n) is 6.66. The molecule has 0 amide bonds. The van der Waals surface area contributed by atoms with E-state index >= 15 is 0 Å². The Balaban J connectivity index is -0.000000213. The van der Waals surface area contributed by atoms with Gasteiger partial charge in [0, 0.05) is 0 Å². The molecule has 0 unspecified atom stereocenters. The van der Waals surface area contributed by atoms with Gasteiger partial charge in [-0.2, -0.15) is 0 Å². The molecule has 0 spiro atoms. The molecule has 0 bridgehead atoms. The van der Waals surface area contributed by atoms with Crippen molar-refractivity contribution in [3.63, 3.8) is 0 Å². The van der Waals surface area contributed by atoms with Crippen molar-refractivity contribution in [3.8, 4) is 0 Å². The number of allylic oxidation sites excluding steroid dienone is 4. The van der Waals surface area contributed by atoms with Gasteiger partial charge in [0.05, 0.1) is 0 Å². The molecular formula is C7H14Cl3Ti. The minimum atomic E-state index is -0.657. The fourth-order valence-electron chi connectivity index (χ4n) is 0.818. The van der Waals surface area contributed by atoms with Crippen LogP contribution in [0.3, 0.4) is 0 Å². The summed E-state index contributed by atoms with van der Waals surface area (Å²) in [6, 6.07) is 0. The van der Waals surface area contributed by atoms with Gasteiger partial charge in [-0.15, -0.1) is 37.2 Å². The first kappa shape index (κ1) is 18.0. The Bertz CT molecular complexity index is 141. The molecule has 0 aromatic heterocycles. The summed E-state index contributed by atoms with van der Waals surface area (Å²) in [7, 11) is 0. The van der Waals surface area contributed by atoms with Crippen LogP contribution in [0.5, 0.6) is 0 Å². The van der Waals surface area contributed by atoms with Crippen LogP contribution in [0.1, 0.15) is 6.42 Å². The maximum absolute atomic E-state index is 2.40. The molecule has 0 N–H and O–H groups in total. The zero-order valence-corrected chi connectivity index (χ0v) is 10.7. The van der Waals surface area contributed by atoms with Crippen molar-refractivity contribution < 1.29 is 17.9 Å². The van der Waals surface area contributed by atoms with Gasteiger partial charge in [0.1, 0.15) is 0 Å². The first-order valence-corrected chi connectivity index (χ1v) is 6.87. The van der Waals surface area contributed by atoms with Gasteiger partial charge < -0.3 is 0 Å². The molecule has 0 radical (unpaired) electrons. The van der Waals surface area contributed by atoms with Gasteiger partial charge in [0.15, 0.2) is 0 Å². The summed E-state index contributed by atoms with van der Waals surface area (Å²) >= 11 is -0.657. The first-order valence-electron chi connectivity index (χ1n) is 2.97. The van der Waals surface area contributed by atoms with E-state index in [1.54, 1.807) is 3.88 Å². The average molecular weight is 252 g/mol. The summed E-state index contributed by atoms with van der Waals surface area (Å²) < 4.78 is 1.73. The predicted octanol–water partition coefficient (Wildman–Crippen LogP) is 3.81. The Kier molecular flexibility index (Phi) is 15.0. The van der Waals surface area contributed by atoms with Gasteiger partial charge in [-0.25, -0.2) is 0 Å². The Labute approximate surface area is 93.6 Å². The Morgan fingerprint density at radius 2 is 1.73 bits per heavy atom. The summed E-state index contributed by atoms with van der Waals surface area (Å²) in [4.78, 5) is 0. The second-order valence-corrected chi connectivity index (χ2v) is 6.45. The molecular weight excluding hydrogens is 238 g/mol. The third-order valence-corrected chi connectivity index (χ3v) is 4.00. The van der Waals surface area contributed by atoms with Crippen molar-refractivity contribution in [2.24, 2.45) is 0 Å². The molecule has 1 aliphatic rings. The fourth-order valence-corrected chi connectivity index (χ4v) is 2.31. The van der Waals surface area contributed by atoms with E-state index in [0.717, 1.165) is 0 Å². The molecule has 0 aromatic rings. The van der Waals surface area contributed by atoms with Crippen LogP contribution < -0.4 is 0 Å². The van der Waals surface area contributed by atoms with E-state index in [2.05, 4.69) is 28.7 Å². The number of halogens is 3. The van der Waals surface area contributed by atoms with Gasteiger partial charge in [-0.05, 0) is 0 Å². The van der Waals surface area contributed by atoms with E-state index < -0.39 is 17.9 Å². The van der Waals surface area contributed by atoms with Crippen LogP contribution in [-0.4, -0.2) is 0 Å². The normalized spacial score (nSPS) is 12.0. The summed E-state index contributed by atoms with van der Waals surface area (Å²) in [5.74, 6) is 0. The van der Waals surface area contributed by atoms with E-state index in [1.807, 2.05) is 0 Å². The Morgan fingerprint density at radius 1 is 1.18 bits per heavy atom. The molecule has 11 heavy (non-hydrogen) atoms. The Morgan fingerprint density at radius 3 is 1.91 bits per heavy atom. The standard InChI is InChI=1S/C5H5.2CH3.3ClH.Ti/c1-2-4-5-3-1;;;;;;/h1-3H,4H2;2*1H3;3*1H;. The molecule has 0 fully saturated rings. The van der Waals surface area contributed by atoms with Gasteiger partial charge in [-0.3, -0.25) is 0 Å². The van der Waals surface area contributed by atoms with Crippen LogP contribution in [0.25, 0.3) is 0 Å². The molecule has 67 valence electrons. The fraction of sp³-hybridized carbons (Fsp3) is 0.429. The van der Waals surface area contributed by atoms with E-state index in [0.29, 0.717) is 0 Å². The average Bonchev–Trinajstić information content (AvgIpc) is 2.12. The molecule has 0 atom stereocenters. The van der Waals surface area contributed by atoms with Gasteiger partial charge in [-0.1, -0.05) is 0 Å². The summed E-state index contributed by atoms with van der Waals surface area (Å²) in [6.07, 6.45) is 7.96. The molecule has 0 saturated heterocycles. The van der Waals surface area contributed by atoms with Crippen LogP contribution in [0.2, 0.25) is 10.5 Å². The number of hydrogen-bond donors (Lipinski definition) is 0. The van der Waals surface area contributed by atoms with Gasteiger partial charge >= 0.3 is 56.9 Å². The third kappa shape index (κ3) is 6.25. The maximum atomic E-state index is 2.40. The number of hydrogen-bond acceptors (Lipinski definition) is 0. The quantitative estimate of drug-likeness (QED) is 0.623. The second-order valence-electron chi connectivity index (χ2n) is 2.32. The van der Waals surface area contributed by atoms with Crippen molar-refractivity contribution in [3.05, 3.63) is 22.1 Å². The van der Waals surface area contributed by atoms with E-state index in [4.69, 9.17) is 0 Å². The van der Waals surface area contributed by atoms with Crippen LogP contribution >= 0.6 is 37.2 Å². The summed E-state index contributed by atoms with van der Waals surface area (Å²) in [5, 5.41) is 4.80. The van der Waals surface area contributed by atoms with E-state index in [-0.39, 0.29) is 37.2 Å². The van der Waals surface area contributed by atoms with Crippen LogP contribution in [0.15, 0.2) is 22.1 Å². The van der Waals surface area contributed by atoms with Gasteiger partial charge in [0.2, 0.25) is 0 Å². The monoisotopic (exact) mass is 251 g/mol. The minimum absolute atomic E-state index is 0. The molecule has 0 aliphatic heterocycles. The molecule has 1 aliphatic carbocycles. The van der Waals surface area contributed by atoms with Crippen molar-refractivity contribution in [2.45, 2.75) is 16.9 Å². The van der Waals surface area contributed by atoms with E-state index in [9.17, 15) is 0 Å². The third-order valence-electron chi connectivity index (χ3n) is 1.41. The van der Waals surface area contributed by atoms with Crippen LogP contribution in [0.4, 0.5) is 0 Å². The van der Waals surface area contributed by atoms with Crippen molar-refractivity contribution in [2.75, 3.05) is 0 Å². The SMILES string of the molecule is Cl.Cl.Cl.[CH3][Ti]([CH3])[C]1=CC=CC1. The van der Waals surface area contributed by atoms with Crippen LogP contribution in [0, 0.1) is 0 Å². The van der Waals surface area contributed by atoms with Gasteiger partial charge in [0.25, 0.3) is 0 Å². The topological polar surface area (TPSA) is 0 Å². The predicted molar refractivity (Wildman–Crippen MR) is 55.3 cm³/mol. The molecule has 0 nitrogen and oxygen atoms in total. The molecule has 4 heteroatoms. The molecule has 1 rings (SSSR count). The van der Waals surface area contributed by atoms with E-state index in [1.165, 1.54) is 6.42 Å². The summed E-state index contributed by atoms with van der Waals surface area (Å²) in [5.41, 5.74) is 0. The summed E-state index contributed by atoms with van der Waals surface area (Å²) in [6.45, 7) is 0. The van der Waals surface area contributed by atoms with Crippen molar-refractivity contribution in [1.29, 1.82) is 0 Å². The second kappa shape index (κ2) is 9.15.